The van der Waals surface area contributed by atoms with Crippen LogP contribution in [0.5, 0.6) is 0 Å². The van der Waals surface area contributed by atoms with E-state index in [2.05, 4.69) is 26.4 Å². The van der Waals surface area contributed by atoms with E-state index in [1.54, 1.807) is 0 Å². The van der Waals surface area contributed by atoms with Gasteiger partial charge in [0.2, 0.25) is 0 Å². The molecule has 1 unspecified atom stereocenters. The largest absolute Gasteiger partial charge is 0.529 e. The summed E-state index contributed by atoms with van der Waals surface area (Å²) in [5, 5.41) is 21.0. The molecule has 3 heterocycles. The number of unbranched alkanes of at least 4 members (excludes halogenated alkanes) is 18. The molecular weight excluding hydrogens is 613 g/mol. The number of carbonyl (C=O) groups excluding carboxylic acids is 1. The summed E-state index contributed by atoms with van der Waals surface area (Å²) in [6.45, 7) is 1.66. The summed E-state index contributed by atoms with van der Waals surface area (Å²) in [6.07, 6.45) is 21.1. The lowest BCUT2D eigenvalue weighted by molar-refractivity contribution is -0.136. The van der Waals surface area contributed by atoms with Crippen LogP contribution in [-0.4, -0.2) is 65.5 Å². The van der Waals surface area contributed by atoms with Gasteiger partial charge in [0.05, 0.1) is 12.9 Å². The molecule has 1 aliphatic rings. The first-order valence-corrected chi connectivity index (χ1v) is 18.9. The molecule has 0 aromatic carbocycles. The minimum atomic E-state index is -4.75. The molecule has 1 aliphatic heterocycles. The number of aromatic nitrogens is 4. The number of phosphoric ester groups is 1. The molecule has 0 radical (unpaired) electrons. The van der Waals surface area contributed by atoms with Gasteiger partial charge in [-0.25, -0.2) is 19.5 Å². The molecule has 13 nitrogen and oxygen atoms in total. The van der Waals surface area contributed by atoms with Gasteiger partial charge in [0.15, 0.2) is 17.7 Å². The van der Waals surface area contributed by atoms with Crippen molar-refractivity contribution >= 4 is 30.8 Å². The number of aliphatic hydroxyl groups excluding tert-OH is 2. The molecule has 1 fully saturated rings. The minimum absolute atomic E-state index is 0.00873. The molecule has 0 saturated carbocycles. The van der Waals surface area contributed by atoms with Crippen LogP contribution in [0.1, 0.15) is 142 Å². The van der Waals surface area contributed by atoms with Crippen molar-refractivity contribution in [1.82, 2.24) is 19.5 Å². The van der Waals surface area contributed by atoms with Crippen molar-refractivity contribution in [2.75, 3.05) is 12.3 Å². The van der Waals surface area contributed by atoms with Crippen LogP contribution in [-0.2, 0) is 23.1 Å². The highest BCUT2D eigenvalue weighted by Gasteiger charge is 2.45. The normalized spacial score (nSPS) is 21.1. The standard InChI is InChI=1S/C32H56N5O8P/c1-2-3-4-5-6-7-8-9-10-11-12-13-14-15-16-17-18-19-20-21-26(38)45-46(41,42)43-22-25-28(39)29(40)32(44-25)37-24-36-27-30(33)34-23-35-31(27)37/h23-25,28-29,32,39-40H,2-22H2,1H3,(H,41,42)(H2,33,34,35)/t25-,28-,29-,32-/m1/s1. The maximum Gasteiger partial charge on any atom is 0.529 e. The number of nitrogens with two attached hydrogens (primary N) is 1. The number of imidazole rings is 1. The first kappa shape index (κ1) is 38.3. The summed E-state index contributed by atoms with van der Waals surface area (Å²) in [6, 6.07) is 0. The average molecular weight is 670 g/mol. The molecule has 5 atom stereocenters. The van der Waals surface area contributed by atoms with E-state index in [1.807, 2.05) is 0 Å². The molecular formula is C32H56N5O8P. The average Bonchev–Trinajstić information content (AvgIpc) is 3.58. The zero-order valence-electron chi connectivity index (χ0n) is 27.5. The van der Waals surface area contributed by atoms with Crippen molar-refractivity contribution in [3.63, 3.8) is 0 Å². The van der Waals surface area contributed by atoms with Gasteiger partial charge in [-0.05, 0) is 6.42 Å². The minimum Gasteiger partial charge on any atom is -0.387 e. The topological polar surface area (TPSA) is 192 Å². The summed E-state index contributed by atoms with van der Waals surface area (Å²) in [7, 11) is -4.75. The van der Waals surface area contributed by atoms with Crippen LogP contribution in [0, 0.1) is 0 Å². The van der Waals surface area contributed by atoms with Crippen LogP contribution in [0.25, 0.3) is 11.2 Å². The molecule has 3 rings (SSSR count). The summed E-state index contributed by atoms with van der Waals surface area (Å²) >= 11 is 0. The number of anilines is 1. The fourth-order valence-electron chi connectivity index (χ4n) is 5.87. The first-order valence-electron chi connectivity index (χ1n) is 17.4. The molecule has 2 aromatic rings. The number of ether oxygens (including phenoxy) is 1. The van der Waals surface area contributed by atoms with E-state index < -0.39 is 44.9 Å². The Kier molecular flexibility index (Phi) is 17.4. The number of hydrogen-bond donors (Lipinski definition) is 4. The van der Waals surface area contributed by atoms with E-state index in [1.165, 1.54) is 114 Å². The fourth-order valence-corrected chi connectivity index (χ4v) is 6.61. The second kappa shape index (κ2) is 21.0. The Morgan fingerprint density at radius 3 is 1.91 bits per heavy atom. The Balaban J connectivity index is 1.17. The van der Waals surface area contributed by atoms with E-state index in [9.17, 15) is 24.5 Å². The number of aliphatic hydroxyl groups is 2. The second-order valence-corrected chi connectivity index (χ2v) is 13.8. The third kappa shape index (κ3) is 13.2. The molecule has 262 valence electrons. The third-order valence-electron chi connectivity index (χ3n) is 8.60. The lowest BCUT2D eigenvalue weighted by atomic mass is 10.0. The Labute approximate surface area is 273 Å². The Morgan fingerprint density at radius 1 is 0.848 bits per heavy atom. The van der Waals surface area contributed by atoms with Crippen LogP contribution in [0.15, 0.2) is 12.7 Å². The van der Waals surface area contributed by atoms with Gasteiger partial charge < -0.3 is 25.2 Å². The maximum absolute atomic E-state index is 12.3. The van der Waals surface area contributed by atoms with Crippen molar-refractivity contribution < 1.29 is 38.3 Å². The van der Waals surface area contributed by atoms with E-state index in [0.717, 1.165) is 19.3 Å². The molecule has 5 N–H and O–H groups in total. The van der Waals surface area contributed by atoms with Crippen LogP contribution in [0.2, 0.25) is 0 Å². The number of nitrogen functional groups attached to an aromatic ring is 1. The van der Waals surface area contributed by atoms with Crippen molar-refractivity contribution in [3.8, 4) is 0 Å². The zero-order chi connectivity index (χ0) is 33.2. The van der Waals surface area contributed by atoms with Crippen LogP contribution < -0.4 is 5.73 Å². The van der Waals surface area contributed by atoms with Crippen LogP contribution in [0.3, 0.4) is 0 Å². The Morgan fingerprint density at radius 2 is 1.37 bits per heavy atom. The molecule has 0 amide bonds. The summed E-state index contributed by atoms with van der Waals surface area (Å²) in [4.78, 5) is 34.2. The maximum atomic E-state index is 12.3. The van der Waals surface area contributed by atoms with E-state index in [4.69, 9.17) is 15.0 Å². The summed E-state index contributed by atoms with van der Waals surface area (Å²) < 4.78 is 29.0. The Bertz CT molecular complexity index is 1200. The van der Waals surface area contributed by atoms with Gasteiger partial charge in [-0.15, -0.1) is 0 Å². The SMILES string of the molecule is CCCCCCCCCCCCCCCCCCCCCC(=O)OP(=O)(O)OC[C@H]1O[C@@H](n2cnc3c(N)ncnc32)[C@H](O)[C@@H]1O. The van der Waals surface area contributed by atoms with Gasteiger partial charge in [-0.3, -0.25) is 18.8 Å². The molecule has 0 aliphatic carbocycles. The highest BCUT2D eigenvalue weighted by atomic mass is 31.2. The smallest absolute Gasteiger partial charge is 0.387 e. The van der Waals surface area contributed by atoms with Gasteiger partial charge in [0.25, 0.3) is 0 Å². The predicted octanol–water partition coefficient (Wildman–Crippen LogP) is 6.51. The monoisotopic (exact) mass is 669 g/mol. The number of hydrogen-bond acceptors (Lipinski definition) is 11. The summed E-state index contributed by atoms with van der Waals surface area (Å²) in [5.74, 6) is -0.689. The van der Waals surface area contributed by atoms with Gasteiger partial charge in [-0.2, -0.15) is 0 Å². The van der Waals surface area contributed by atoms with Crippen molar-refractivity contribution in [2.24, 2.45) is 0 Å². The molecule has 0 spiro atoms. The number of fused-ring (bicyclic) bond motifs is 1. The molecule has 1 saturated heterocycles. The van der Waals surface area contributed by atoms with E-state index in [-0.39, 0.29) is 17.9 Å². The number of phosphoric acid groups is 1. The second-order valence-electron chi connectivity index (χ2n) is 12.5. The van der Waals surface area contributed by atoms with Crippen LogP contribution >= 0.6 is 7.82 Å². The quantitative estimate of drug-likeness (QED) is 0.0663. The molecule has 14 heteroatoms. The zero-order valence-corrected chi connectivity index (χ0v) is 28.4. The van der Waals surface area contributed by atoms with Crippen molar-refractivity contribution in [3.05, 3.63) is 12.7 Å². The van der Waals surface area contributed by atoms with Gasteiger partial charge in [0.1, 0.15) is 30.2 Å². The van der Waals surface area contributed by atoms with Crippen molar-refractivity contribution in [1.29, 1.82) is 0 Å². The van der Waals surface area contributed by atoms with Crippen molar-refractivity contribution in [2.45, 2.75) is 160 Å². The highest BCUT2D eigenvalue weighted by molar-refractivity contribution is 7.48. The van der Waals surface area contributed by atoms with E-state index in [0.29, 0.717) is 11.9 Å². The summed E-state index contributed by atoms with van der Waals surface area (Å²) in [5.41, 5.74) is 6.37. The predicted molar refractivity (Wildman–Crippen MR) is 176 cm³/mol. The number of nitrogens with zero attached hydrogens (tertiary/aromatic N) is 4. The highest BCUT2D eigenvalue weighted by Crippen LogP contribution is 2.45. The third-order valence-corrected chi connectivity index (χ3v) is 9.51. The Hall–Kier alpha value is -2.15. The molecule has 46 heavy (non-hydrogen) atoms. The first-order chi connectivity index (χ1) is 22.2. The molecule has 2 aromatic heterocycles. The van der Waals surface area contributed by atoms with Crippen LogP contribution in [0.4, 0.5) is 5.82 Å². The lowest BCUT2D eigenvalue weighted by Gasteiger charge is -2.17. The van der Waals surface area contributed by atoms with Gasteiger partial charge in [-0.1, -0.05) is 122 Å². The van der Waals surface area contributed by atoms with Gasteiger partial charge >= 0.3 is 13.8 Å². The van der Waals surface area contributed by atoms with E-state index >= 15 is 0 Å². The number of carbonyl (C=O) groups is 1. The fraction of sp³-hybridized carbons (Fsp3) is 0.812. The molecule has 0 bridgehead atoms. The van der Waals surface area contributed by atoms with Gasteiger partial charge in [0, 0.05) is 6.42 Å². The lowest BCUT2D eigenvalue weighted by Crippen LogP contribution is -2.33. The number of rotatable bonds is 25.